The van der Waals surface area contributed by atoms with Crippen molar-refractivity contribution in [3.8, 4) is 0 Å². The SMILES string of the molecule is COC(C)(C)Cc1nc(N2CCC(C)(CN)CC2)n[nH]1. The van der Waals surface area contributed by atoms with E-state index in [-0.39, 0.29) is 11.0 Å². The van der Waals surface area contributed by atoms with E-state index in [0.29, 0.717) is 0 Å². The first-order chi connectivity index (χ1) is 9.37. The van der Waals surface area contributed by atoms with Crippen molar-refractivity contribution in [3.63, 3.8) is 0 Å². The molecule has 6 heteroatoms. The summed E-state index contributed by atoms with van der Waals surface area (Å²) in [4.78, 5) is 6.82. The summed E-state index contributed by atoms with van der Waals surface area (Å²) >= 11 is 0. The number of aromatic nitrogens is 3. The molecule has 20 heavy (non-hydrogen) atoms. The van der Waals surface area contributed by atoms with Crippen molar-refractivity contribution in [2.75, 3.05) is 31.6 Å². The molecular weight excluding hydrogens is 254 g/mol. The van der Waals surface area contributed by atoms with Gasteiger partial charge in [-0.25, -0.2) is 0 Å². The Bertz CT molecular complexity index is 435. The Morgan fingerprint density at radius 3 is 2.60 bits per heavy atom. The van der Waals surface area contributed by atoms with Gasteiger partial charge >= 0.3 is 0 Å². The number of rotatable bonds is 5. The van der Waals surface area contributed by atoms with Crippen LogP contribution in [0.2, 0.25) is 0 Å². The molecule has 2 rings (SSSR count). The molecule has 2 heterocycles. The van der Waals surface area contributed by atoms with E-state index in [2.05, 4.69) is 27.0 Å². The molecule has 0 atom stereocenters. The van der Waals surface area contributed by atoms with Crippen LogP contribution in [0.4, 0.5) is 5.95 Å². The fourth-order valence-electron chi connectivity index (χ4n) is 2.43. The fourth-order valence-corrected chi connectivity index (χ4v) is 2.43. The molecule has 0 spiro atoms. The summed E-state index contributed by atoms with van der Waals surface area (Å²) < 4.78 is 5.42. The van der Waals surface area contributed by atoms with Gasteiger partial charge in [0.1, 0.15) is 5.82 Å². The van der Waals surface area contributed by atoms with Gasteiger partial charge in [-0.2, -0.15) is 4.98 Å². The molecule has 0 saturated carbocycles. The smallest absolute Gasteiger partial charge is 0.244 e. The molecule has 0 amide bonds. The summed E-state index contributed by atoms with van der Waals surface area (Å²) in [6.07, 6.45) is 2.92. The zero-order valence-corrected chi connectivity index (χ0v) is 13.1. The normalized spacial score (nSPS) is 19.4. The highest BCUT2D eigenvalue weighted by Crippen LogP contribution is 2.30. The quantitative estimate of drug-likeness (QED) is 0.851. The number of nitrogens with zero attached hydrogens (tertiary/aromatic N) is 3. The average molecular weight is 281 g/mol. The van der Waals surface area contributed by atoms with E-state index in [1.165, 1.54) is 0 Å². The number of ether oxygens (including phenoxy) is 1. The van der Waals surface area contributed by atoms with Crippen molar-refractivity contribution >= 4 is 5.95 Å². The molecule has 6 nitrogen and oxygen atoms in total. The Kier molecular flexibility index (Phi) is 4.34. The van der Waals surface area contributed by atoms with Crippen molar-refractivity contribution < 1.29 is 4.74 Å². The first-order valence-corrected chi connectivity index (χ1v) is 7.29. The summed E-state index contributed by atoms with van der Waals surface area (Å²) in [7, 11) is 1.72. The second-order valence-electron chi connectivity index (χ2n) is 6.72. The molecule has 1 saturated heterocycles. The van der Waals surface area contributed by atoms with Crippen LogP contribution in [0.3, 0.4) is 0 Å². The highest BCUT2D eigenvalue weighted by molar-refractivity contribution is 5.30. The van der Waals surface area contributed by atoms with Crippen LogP contribution < -0.4 is 10.6 Å². The van der Waals surface area contributed by atoms with Gasteiger partial charge < -0.3 is 15.4 Å². The van der Waals surface area contributed by atoms with Gasteiger partial charge in [-0.3, -0.25) is 5.10 Å². The van der Waals surface area contributed by atoms with Gasteiger partial charge in [-0.1, -0.05) is 6.92 Å². The van der Waals surface area contributed by atoms with Crippen LogP contribution in [-0.4, -0.2) is 47.5 Å². The number of hydrogen-bond donors (Lipinski definition) is 2. The molecule has 0 aliphatic carbocycles. The Balaban J connectivity index is 1.97. The molecule has 0 radical (unpaired) electrons. The van der Waals surface area contributed by atoms with Gasteiger partial charge in [-0.15, -0.1) is 5.10 Å². The van der Waals surface area contributed by atoms with E-state index >= 15 is 0 Å². The second kappa shape index (κ2) is 5.69. The van der Waals surface area contributed by atoms with Crippen LogP contribution in [-0.2, 0) is 11.2 Å². The van der Waals surface area contributed by atoms with Crippen LogP contribution in [0.1, 0.15) is 39.4 Å². The highest BCUT2D eigenvalue weighted by Gasteiger charge is 2.30. The maximum absolute atomic E-state index is 5.84. The highest BCUT2D eigenvalue weighted by atomic mass is 16.5. The van der Waals surface area contributed by atoms with E-state index in [4.69, 9.17) is 10.5 Å². The van der Waals surface area contributed by atoms with Crippen LogP contribution in [0, 0.1) is 5.41 Å². The second-order valence-corrected chi connectivity index (χ2v) is 6.72. The maximum Gasteiger partial charge on any atom is 0.244 e. The summed E-state index contributed by atoms with van der Waals surface area (Å²) in [5.41, 5.74) is 5.89. The van der Waals surface area contributed by atoms with E-state index in [1.807, 2.05) is 13.8 Å². The lowest BCUT2D eigenvalue weighted by Gasteiger charge is -2.38. The average Bonchev–Trinajstić information content (AvgIpc) is 2.87. The van der Waals surface area contributed by atoms with Gasteiger partial charge in [0.05, 0.1) is 5.60 Å². The number of piperidine rings is 1. The van der Waals surface area contributed by atoms with Crippen molar-refractivity contribution in [2.24, 2.45) is 11.1 Å². The molecule has 3 N–H and O–H groups in total. The molecule has 114 valence electrons. The molecule has 1 aliphatic heterocycles. The van der Waals surface area contributed by atoms with Gasteiger partial charge in [0, 0.05) is 26.6 Å². The van der Waals surface area contributed by atoms with E-state index < -0.39 is 0 Å². The van der Waals surface area contributed by atoms with Gasteiger partial charge in [0.25, 0.3) is 0 Å². The zero-order chi connectivity index (χ0) is 14.8. The van der Waals surface area contributed by atoms with Crippen molar-refractivity contribution in [1.29, 1.82) is 0 Å². The van der Waals surface area contributed by atoms with Crippen LogP contribution >= 0.6 is 0 Å². The van der Waals surface area contributed by atoms with E-state index in [9.17, 15) is 0 Å². The largest absolute Gasteiger partial charge is 0.378 e. The van der Waals surface area contributed by atoms with Crippen molar-refractivity contribution in [2.45, 2.75) is 45.6 Å². The summed E-state index contributed by atoms with van der Waals surface area (Å²) in [6, 6.07) is 0. The third-order valence-electron chi connectivity index (χ3n) is 4.41. The number of hydrogen-bond acceptors (Lipinski definition) is 5. The third-order valence-corrected chi connectivity index (χ3v) is 4.41. The number of aromatic amines is 1. The van der Waals surface area contributed by atoms with Gasteiger partial charge in [-0.05, 0) is 38.6 Å². The number of anilines is 1. The molecular formula is C14H27N5O. The lowest BCUT2D eigenvalue weighted by Crippen LogP contribution is -2.42. The number of methoxy groups -OCH3 is 1. The monoisotopic (exact) mass is 281 g/mol. The Morgan fingerprint density at radius 1 is 1.40 bits per heavy atom. The molecule has 0 unspecified atom stereocenters. The minimum atomic E-state index is -0.225. The standard InChI is InChI=1S/C14H27N5O/c1-13(2,20-4)9-11-16-12(18-17-11)19-7-5-14(3,10-15)6-8-19/h5-10,15H2,1-4H3,(H,16,17,18). The number of nitrogens with two attached hydrogens (primary N) is 1. The molecule has 1 aliphatic rings. The Morgan fingerprint density at radius 2 is 2.05 bits per heavy atom. The number of H-pyrrole nitrogens is 1. The van der Waals surface area contributed by atoms with Gasteiger partial charge in [0.15, 0.2) is 0 Å². The number of nitrogens with one attached hydrogen (secondary N) is 1. The summed E-state index contributed by atoms with van der Waals surface area (Å²) in [6.45, 7) is 9.04. The predicted molar refractivity (Wildman–Crippen MR) is 79.8 cm³/mol. The fraction of sp³-hybridized carbons (Fsp3) is 0.857. The van der Waals surface area contributed by atoms with Crippen molar-refractivity contribution in [3.05, 3.63) is 5.82 Å². The molecule has 1 aromatic heterocycles. The first kappa shape index (κ1) is 15.3. The molecule has 1 aromatic rings. The van der Waals surface area contributed by atoms with E-state index in [0.717, 1.165) is 50.7 Å². The Labute approximate surface area is 121 Å². The first-order valence-electron chi connectivity index (χ1n) is 7.29. The minimum Gasteiger partial charge on any atom is -0.378 e. The Hall–Kier alpha value is -1.14. The van der Waals surface area contributed by atoms with Crippen LogP contribution in [0.15, 0.2) is 0 Å². The van der Waals surface area contributed by atoms with E-state index in [1.54, 1.807) is 7.11 Å². The lowest BCUT2D eigenvalue weighted by molar-refractivity contribution is 0.0216. The third kappa shape index (κ3) is 3.49. The predicted octanol–water partition coefficient (Wildman–Crippen LogP) is 1.34. The minimum absolute atomic E-state index is 0.225. The molecule has 1 fully saturated rings. The van der Waals surface area contributed by atoms with Crippen LogP contribution in [0.25, 0.3) is 0 Å². The topological polar surface area (TPSA) is 80.1 Å². The van der Waals surface area contributed by atoms with Crippen molar-refractivity contribution in [1.82, 2.24) is 15.2 Å². The lowest BCUT2D eigenvalue weighted by atomic mass is 9.81. The molecule has 0 bridgehead atoms. The van der Waals surface area contributed by atoms with Gasteiger partial charge in [0.2, 0.25) is 5.95 Å². The zero-order valence-electron chi connectivity index (χ0n) is 13.1. The summed E-state index contributed by atoms with van der Waals surface area (Å²) in [5, 5.41) is 7.36. The maximum atomic E-state index is 5.84. The van der Waals surface area contributed by atoms with Crippen LogP contribution in [0.5, 0.6) is 0 Å². The molecule has 0 aromatic carbocycles. The summed E-state index contributed by atoms with van der Waals surface area (Å²) in [5.74, 6) is 1.67.